The highest BCUT2D eigenvalue weighted by Crippen LogP contribution is 2.43. The molecule has 0 aliphatic rings. The van der Waals surface area contributed by atoms with E-state index in [0.717, 1.165) is 21.7 Å². The first-order valence-corrected chi connectivity index (χ1v) is 13.5. The van der Waals surface area contributed by atoms with Crippen LogP contribution in [0.5, 0.6) is 23.0 Å². The van der Waals surface area contributed by atoms with E-state index >= 15 is 0 Å². The Hall–Kier alpha value is -4.50. The average molecular weight is 556 g/mol. The molecule has 2 aromatic heterocycles. The lowest BCUT2D eigenvalue weighted by molar-refractivity contribution is 0.103. The topological polar surface area (TPSA) is 84.7 Å². The Balaban J connectivity index is 1.85. The monoisotopic (exact) mass is 555 g/mol. The van der Waals surface area contributed by atoms with E-state index in [1.807, 2.05) is 78.5 Å². The molecule has 0 N–H and O–H groups in total. The van der Waals surface area contributed by atoms with Gasteiger partial charge in [0.15, 0.2) is 33.9 Å². The van der Waals surface area contributed by atoms with Crippen molar-refractivity contribution in [2.24, 2.45) is 7.05 Å². The third kappa shape index (κ3) is 5.08. The van der Waals surface area contributed by atoms with Crippen molar-refractivity contribution in [1.82, 2.24) is 14.5 Å². The van der Waals surface area contributed by atoms with Gasteiger partial charge < -0.3 is 23.5 Å². The number of aromatic nitrogens is 3. The van der Waals surface area contributed by atoms with E-state index in [0.29, 0.717) is 51.1 Å². The third-order valence-corrected chi connectivity index (χ3v) is 7.68. The van der Waals surface area contributed by atoms with Crippen LogP contribution >= 0.6 is 11.8 Å². The molecule has 5 rings (SSSR count). The Morgan fingerprint density at radius 2 is 1.52 bits per heavy atom. The van der Waals surface area contributed by atoms with Gasteiger partial charge in [-0.05, 0) is 23.8 Å². The number of rotatable bonds is 10. The fourth-order valence-electron chi connectivity index (χ4n) is 4.64. The molecule has 0 aliphatic heterocycles. The Labute approximate surface area is 236 Å². The normalized spacial score (nSPS) is 10.9. The number of ether oxygens (including phenoxy) is 4. The molecule has 40 heavy (non-hydrogen) atoms. The number of fused-ring (bicyclic) bond motifs is 1. The molecule has 3 aromatic carbocycles. The minimum Gasteiger partial charge on any atom is -0.493 e. The number of ketones is 1. The fraction of sp³-hybridized carbons (Fsp3) is 0.194. The summed E-state index contributed by atoms with van der Waals surface area (Å²) in [6.45, 7) is 0. The summed E-state index contributed by atoms with van der Waals surface area (Å²) in [4.78, 5) is 23.8. The van der Waals surface area contributed by atoms with E-state index in [9.17, 15) is 4.79 Å². The van der Waals surface area contributed by atoms with Crippen molar-refractivity contribution >= 4 is 28.4 Å². The number of aryl methyl sites for hydroxylation is 1. The highest BCUT2D eigenvalue weighted by atomic mass is 32.2. The number of carbonyl (C=O) groups excluding carboxylic acids is 1. The number of hydrogen-bond donors (Lipinski definition) is 0. The summed E-state index contributed by atoms with van der Waals surface area (Å²) in [7, 11) is 8.29. The fourth-order valence-corrected chi connectivity index (χ4v) is 5.51. The van der Waals surface area contributed by atoms with Gasteiger partial charge in [0, 0.05) is 47.8 Å². The maximum Gasteiger partial charge on any atom is 0.195 e. The van der Waals surface area contributed by atoms with Gasteiger partial charge in [-0.3, -0.25) is 9.78 Å². The van der Waals surface area contributed by atoms with Gasteiger partial charge in [0.05, 0.1) is 45.2 Å². The summed E-state index contributed by atoms with van der Waals surface area (Å²) in [5.74, 6) is 2.50. The van der Waals surface area contributed by atoms with Crippen LogP contribution in [0.3, 0.4) is 0 Å². The van der Waals surface area contributed by atoms with Crippen LogP contribution in [0.4, 0.5) is 0 Å². The Kier molecular flexibility index (Phi) is 7.93. The van der Waals surface area contributed by atoms with Gasteiger partial charge in [-0.15, -0.1) is 0 Å². The molecule has 0 atom stereocenters. The van der Waals surface area contributed by atoms with Crippen LogP contribution in [0.25, 0.3) is 22.0 Å². The van der Waals surface area contributed by atoms with Crippen LogP contribution in [0, 0.1) is 0 Å². The SMILES string of the molecule is COc1ccc(-c2c(C(=O)c3ccccc3)c(CSc3nccn3C)nc3cc(OC)c(OC)cc23)cc1OC. The maximum atomic E-state index is 14.3. The Morgan fingerprint density at radius 3 is 2.17 bits per heavy atom. The number of benzene rings is 3. The van der Waals surface area contributed by atoms with Crippen molar-refractivity contribution in [3.05, 3.63) is 89.9 Å². The summed E-state index contributed by atoms with van der Waals surface area (Å²) in [6.07, 6.45) is 3.64. The number of carbonyl (C=O) groups is 1. The van der Waals surface area contributed by atoms with Crippen LogP contribution in [0.15, 0.2) is 78.2 Å². The lowest BCUT2D eigenvalue weighted by Crippen LogP contribution is -2.11. The van der Waals surface area contributed by atoms with Crippen molar-refractivity contribution in [2.75, 3.05) is 28.4 Å². The number of pyridine rings is 1. The van der Waals surface area contributed by atoms with E-state index < -0.39 is 0 Å². The summed E-state index contributed by atoms with van der Waals surface area (Å²) in [5, 5.41) is 1.56. The molecule has 0 unspecified atom stereocenters. The molecular formula is C31H29N3O5S. The molecule has 204 valence electrons. The van der Waals surface area contributed by atoms with Gasteiger partial charge in [-0.1, -0.05) is 48.2 Å². The first-order valence-electron chi connectivity index (χ1n) is 12.5. The highest BCUT2D eigenvalue weighted by Gasteiger charge is 2.26. The molecule has 0 saturated carbocycles. The molecule has 0 amide bonds. The first kappa shape index (κ1) is 27.1. The molecule has 9 heteroatoms. The smallest absolute Gasteiger partial charge is 0.195 e. The van der Waals surface area contributed by atoms with Crippen LogP contribution in [-0.2, 0) is 12.8 Å². The van der Waals surface area contributed by atoms with E-state index in [4.69, 9.17) is 23.9 Å². The van der Waals surface area contributed by atoms with Crippen LogP contribution in [-0.4, -0.2) is 48.8 Å². The van der Waals surface area contributed by atoms with Crippen molar-refractivity contribution in [1.29, 1.82) is 0 Å². The zero-order valence-corrected chi connectivity index (χ0v) is 23.7. The predicted octanol–water partition coefficient (Wildman–Crippen LogP) is 6.19. The standard InChI is InChI=1S/C31H29N3O5S/c1-34-14-13-32-31(34)40-18-23-29(30(35)19-9-7-6-8-10-19)28(20-11-12-24(36-2)25(15-20)37-3)21-16-26(38-4)27(39-5)17-22(21)33-23/h6-17H,18H2,1-5H3. The molecule has 5 aromatic rings. The van der Waals surface area contributed by atoms with Gasteiger partial charge in [-0.2, -0.15) is 0 Å². The van der Waals surface area contributed by atoms with Crippen molar-refractivity contribution in [3.8, 4) is 34.1 Å². The van der Waals surface area contributed by atoms with E-state index in [-0.39, 0.29) is 5.78 Å². The molecule has 2 heterocycles. The summed E-state index contributed by atoms with van der Waals surface area (Å²) >= 11 is 1.51. The van der Waals surface area contributed by atoms with Gasteiger partial charge in [0.1, 0.15) is 0 Å². The lowest BCUT2D eigenvalue weighted by atomic mass is 9.89. The van der Waals surface area contributed by atoms with Crippen molar-refractivity contribution in [2.45, 2.75) is 10.9 Å². The molecule has 0 radical (unpaired) electrons. The highest BCUT2D eigenvalue weighted by molar-refractivity contribution is 7.98. The molecule has 0 saturated heterocycles. The van der Waals surface area contributed by atoms with Crippen LogP contribution in [0.2, 0.25) is 0 Å². The van der Waals surface area contributed by atoms with E-state index in [1.165, 1.54) is 11.8 Å². The first-order chi connectivity index (χ1) is 19.5. The second-order valence-electron chi connectivity index (χ2n) is 8.91. The van der Waals surface area contributed by atoms with Crippen molar-refractivity contribution < 1.29 is 23.7 Å². The minimum absolute atomic E-state index is 0.134. The summed E-state index contributed by atoms with van der Waals surface area (Å²) in [6, 6.07) is 18.6. The maximum absolute atomic E-state index is 14.3. The quantitative estimate of drug-likeness (QED) is 0.149. The average Bonchev–Trinajstić information content (AvgIpc) is 3.42. The van der Waals surface area contributed by atoms with Crippen LogP contribution in [0.1, 0.15) is 21.6 Å². The predicted molar refractivity (Wildman–Crippen MR) is 156 cm³/mol. The zero-order valence-electron chi connectivity index (χ0n) is 22.9. The second kappa shape index (κ2) is 11.7. The summed E-state index contributed by atoms with van der Waals surface area (Å²) in [5.41, 5.74) is 3.86. The molecule has 8 nitrogen and oxygen atoms in total. The molecule has 0 fully saturated rings. The second-order valence-corrected chi connectivity index (χ2v) is 9.85. The Bertz CT molecular complexity index is 1680. The zero-order chi connectivity index (χ0) is 28.2. The number of imidazole rings is 1. The minimum atomic E-state index is -0.134. The Morgan fingerprint density at radius 1 is 0.850 bits per heavy atom. The van der Waals surface area contributed by atoms with Gasteiger partial charge in [0.25, 0.3) is 0 Å². The van der Waals surface area contributed by atoms with Crippen molar-refractivity contribution in [3.63, 3.8) is 0 Å². The summed E-state index contributed by atoms with van der Waals surface area (Å²) < 4.78 is 24.3. The van der Waals surface area contributed by atoms with Crippen LogP contribution < -0.4 is 18.9 Å². The van der Waals surface area contributed by atoms with E-state index in [1.54, 1.807) is 34.6 Å². The number of thioether (sulfide) groups is 1. The molecule has 0 aliphatic carbocycles. The number of nitrogens with zero attached hydrogens (tertiary/aromatic N) is 3. The number of hydrogen-bond acceptors (Lipinski definition) is 8. The van der Waals surface area contributed by atoms with Gasteiger partial charge >= 0.3 is 0 Å². The molecule has 0 bridgehead atoms. The van der Waals surface area contributed by atoms with Gasteiger partial charge in [0.2, 0.25) is 0 Å². The third-order valence-electron chi connectivity index (χ3n) is 6.62. The van der Waals surface area contributed by atoms with E-state index in [2.05, 4.69) is 4.98 Å². The lowest BCUT2D eigenvalue weighted by Gasteiger charge is -2.19. The number of methoxy groups -OCH3 is 4. The van der Waals surface area contributed by atoms with Gasteiger partial charge in [-0.25, -0.2) is 4.98 Å². The molecular weight excluding hydrogens is 526 g/mol. The molecule has 0 spiro atoms. The largest absolute Gasteiger partial charge is 0.493 e.